The van der Waals surface area contributed by atoms with Gasteiger partial charge in [-0.05, 0) is 65.6 Å². The molecule has 0 aromatic heterocycles. The van der Waals surface area contributed by atoms with E-state index in [9.17, 15) is 23.2 Å². The number of amides is 3. The summed E-state index contributed by atoms with van der Waals surface area (Å²) in [5.41, 5.74) is 2.00. The number of rotatable bonds is 8. The van der Waals surface area contributed by atoms with E-state index in [1.54, 1.807) is 36.4 Å². The molecule has 1 aliphatic rings. The zero-order valence-corrected chi connectivity index (χ0v) is 20.4. The first-order valence-electron chi connectivity index (χ1n) is 11.9. The maximum atomic E-state index is 13.4. The van der Waals surface area contributed by atoms with Crippen LogP contribution in [0, 0.1) is 17.6 Å². The summed E-state index contributed by atoms with van der Waals surface area (Å²) in [5.74, 6) is -1.40. The molecule has 0 radical (unpaired) electrons. The first kappa shape index (κ1) is 25.8. The number of carbonyl (C=O) groups excluding carboxylic acids is 3. The van der Waals surface area contributed by atoms with Crippen molar-refractivity contribution in [1.29, 1.82) is 0 Å². The first-order valence-corrected chi connectivity index (χ1v) is 11.9. The molecule has 3 aromatic carbocycles. The van der Waals surface area contributed by atoms with Crippen molar-refractivity contribution in [2.45, 2.75) is 32.5 Å². The maximum absolute atomic E-state index is 13.4. The molecule has 9 heteroatoms. The van der Waals surface area contributed by atoms with Gasteiger partial charge in [0.15, 0.2) is 12.1 Å². The van der Waals surface area contributed by atoms with Crippen LogP contribution in [0.5, 0.6) is 0 Å². The summed E-state index contributed by atoms with van der Waals surface area (Å²) >= 11 is 0. The van der Waals surface area contributed by atoms with Crippen molar-refractivity contribution >= 4 is 23.6 Å². The Morgan fingerprint density at radius 1 is 0.919 bits per heavy atom. The highest BCUT2D eigenvalue weighted by Crippen LogP contribution is 2.34. The van der Waals surface area contributed by atoms with Crippen LogP contribution in [0.15, 0.2) is 72.8 Å². The van der Waals surface area contributed by atoms with Crippen molar-refractivity contribution in [2.24, 2.45) is 5.92 Å². The molecule has 1 fully saturated rings. The van der Waals surface area contributed by atoms with Crippen LogP contribution in [0.3, 0.4) is 0 Å². The van der Waals surface area contributed by atoms with Gasteiger partial charge in [0, 0.05) is 17.8 Å². The molecule has 37 heavy (non-hydrogen) atoms. The fourth-order valence-corrected chi connectivity index (χ4v) is 3.97. The molecule has 0 aliphatic carbocycles. The molecule has 3 aromatic rings. The summed E-state index contributed by atoms with van der Waals surface area (Å²) < 4.78 is 32.1. The quantitative estimate of drug-likeness (QED) is 0.447. The molecular formula is C28H27F2N3O4. The van der Waals surface area contributed by atoms with E-state index in [2.05, 4.69) is 10.6 Å². The van der Waals surface area contributed by atoms with E-state index >= 15 is 0 Å². The van der Waals surface area contributed by atoms with Crippen LogP contribution in [0.1, 0.15) is 41.4 Å². The average molecular weight is 508 g/mol. The molecule has 3 amide bonds. The molecule has 1 aliphatic heterocycles. The summed E-state index contributed by atoms with van der Waals surface area (Å²) in [5, 5.41) is 5.60. The van der Waals surface area contributed by atoms with E-state index in [-0.39, 0.29) is 18.4 Å². The van der Waals surface area contributed by atoms with Crippen LogP contribution < -0.4 is 10.6 Å². The smallest absolute Gasteiger partial charge is 0.411 e. The SMILES string of the molecule is CC(C)CNC(=O)[C@H]1[C@H](c2ccc(NC(=O)c3ccc(F)cc3)cc2)OC(=O)N1Cc1ccc(F)cc1. The molecule has 0 spiro atoms. The van der Waals surface area contributed by atoms with E-state index in [1.165, 1.54) is 41.3 Å². The second-order valence-electron chi connectivity index (χ2n) is 9.23. The third kappa shape index (κ3) is 6.30. The lowest BCUT2D eigenvalue weighted by atomic mass is 10.00. The van der Waals surface area contributed by atoms with Gasteiger partial charge in [0.1, 0.15) is 11.6 Å². The zero-order chi connectivity index (χ0) is 26.5. The Morgan fingerprint density at radius 2 is 1.51 bits per heavy atom. The van der Waals surface area contributed by atoms with E-state index in [0.29, 0.717) is 28.9 Å². The van der Waals surface area contributed by atoms with Gasteiger partial charge < -0.3 is 15.4 Å². The molecule has 0 bridgehead atoms. The van der Waals surface area contributed by atoms with Gasteiger partial charge in [0.2, 0.25) is 5.91 Å². The van der Waals surface area contributed by atoms with E-state index in [0.717, 1.165) is 0 Å². The number of nitrogens with one attached hydrogen (secondary N) is 2. The molecule has 0 saturated carbocycles. The van der Waals surface area contributed by atoms with Gasteiger partial charge in [-0.1, -0.05) is 38.1 Å². The number of ether oxygens (including phenoxy) is 1. The van der Waals surface area contributed by atoms with E-state index in [1.807, 2.05) is 13.8 Å². The lowest BCUT2D eigenvalue weighted by molar-refractivity contribution is -0.126. The lowest BCUT2D eigenvalue weighted by Crippen LogP contribution is -2.47. The summed E-state index contributed by atoms with van der Waals surface area (Å²) in [6, 6.07) is 16.5. The summed E-state index contributed by atoms with van der Waals surface area (Å²) in [6.45, 7) is 4.42. The van der Waals surface area contributed by atoms with Crippen molar-refractivity contribution in [2.75, 3.05) is 11.9 Å². The standard InChI is InChI=1S/C28H27F2N3O4/c1-17(2)15-31-27(35)24-25(37-28(36)33(24)16-18-3-9-21(29)10-4-18)19-7-13-23(14-8-19)32-26(34)20-5-11-22(30)12-6-20/h3-14,17,24-25H,15-16H2,1-2H3,(H,31,35)(H,32,34)/t24-,25+/m1/s1. The molecular weight excluding hydrogens is 480 g/mol. The minimum Gasteiger partial charge on any atom is -0.438 e. The van der Waals surface area contributed by atoms with Crippen LogP contribution in [-0.4, -0.2) is 35.4 Å². The van der Waals surface area contributed by atoms with Gasteiger partial charge >= 0.3 is 6.09 Å². The number of cyclic esters (lactones) is 1. The molecule has 1 saturated heterocycles. The van der Waals surface area contributed by atoms with Gasteiger partial charge in [-0.25, -0.2) is 13.6 Å². The van der Waals surface area contributed by atoms with Gasteiger partial charge in [0.05, 0.1) is 6.54 Å². The second kappa shape index (κ2) is 11.2. The number of carbonyl (C=O) groups is 3. The fourth-order valence-electron chi connectivity index (χ4n) is 3.97. The van der Waals surface area contributed by atoms with Crippen molar-refractivity contribution in [3.8, 4) is 0 Å². The van der Waals surface area contributed by atoms with Crippen LogP contribution >= 0.6 is 0 Å². The van der Waals surface area contributed by atoms with Gasteiger partial charge in [-0.3, -0.25) is 14.5 Å². The Bertz CT molecular complexity index is 1260. The number of anilines is 1. The molecule has 0 unspecified atom stereocenters. The highest BCUT2D eigenvalue weighted by atomic mass is 19.1. The zero-order valence-electron chi connectivity index (χ0n) is 20.4. The third-order valence-corrected chi connectivity index (χ3v) is 5.91. The lowest BCUT2D eigenvalue weighted by Gasteiger charge is -2.24. The van der Waals surface area contributed by atoms with Crippen LogP contribution in [0.4, 0.5) is 19.3 Å². The fraction of sp³-hybridized carbons (Fsp3) is 0.250. The van der Waals surface area contributed by atoms with Crippen molar-refractivity contribution in [3.63, 3.8) is 0 Å². The van der Waals surface area contributed by atoms with E-state index < -0.39 is 35.8 Å². The topological polar surface area (TPSA) is 87.7 Å². The predicted molar refractivity (Wildman–Crippen MR) is 134 cm³/mol. The monoisotopic (exact) mass is 507 g/mol. The average Bonchev–Trinajstić information content (AvgIpc) is 3.20. The van der Waals surface area contributed by atoms with Crippen LogP contribution in [0.25, 0.3) is 0 Å². The second-order valence-corrected chi connectivity index (χ2v) is 9.23. The Balaban J connectivity index is 1.54. The van der Waals surface area contributed by atoms with Crippen molar-refractivity contribution < 1.29 is 27.9 Å². The summed E-state index contributed by atoms with van der Waals surface area (Å²) in [6.07, 6.45) is -1.55. The van der Waals surface area contributed by atoms with Crippen molar-refractivity contribution in [1.82, 2.24) is 10.2 Å². The first-order chi connectivity index (χ1) is 17.7. The normalized spacial score (nSPS) is 17.0. The highest BCUT2D eigenvalue weighted by Gasteiger charge is 2.46. The number of hydrogen-bond acceptors (Lipinski definition) is 4. The highest BCUT2D eigenvalue weighted by molar-refractivity contribution is 6.04. The number of hydrogen-bond donors (Lipinski definition) is 2. The van der Waals surface area contributed by atoms with Crippen molar-refractivity contribution in [3.05, 3.63) is 101 Å². The molecule has 1 heterocycles. The largest absolute Gasteiger partial charge is 0.438 e. The summed E-state index contributed by atoms with van der Waals surface area (Å²) in [7, 11) is 0. The van der Waals surface area contributed by atoms with Crippen LogP contribution in [-0.2, 0) is 16.1 Å². The molecule has 2 atom stereocenters. The third-order valence-electron chi connectivity index (χ3n) is 5.91. The predicted octanol–water partition coefficient (Wildman–Crippen LogP) is 5.05. The molecule has 7 nitrogen and oxygen atoms in total. The molecule has 192 valence electrons. The van der Waals surface area contributed by atoms with Gasteiger partial charge in [-0.15, -0.1) is 0 Å². The summed E-state index contributed by atoms with van der Waals surface area (Å²) in [4.78, 5) is 39.8. The molecule has 2 N–H and O–H groups in total. The number of nitrogens with zero attached hydrogens (tertiary/aromatic N) is 1. The van der Waals surface area contributed by atoms with Crippen LogP contribution in [0.2, 0.25) is 0 Å². The molecule has 4 rings (SSSR count). The Kier molecular flexibility index (Phi) is 7.81. The van der Waals surface area contributed by atoms with Gasteiger partial charge in [-0.2, -0.15) is 0 Å². The van der Waals surface area contributed by atoms with Gasteiger partial charge in [0.25, 0.3) is 5.91 Å². The number of halogens is 2. The van der Waals surface area contributed by atoms with E-state index in [4.69, 9.17) is 4.74 Å². The number of benzene rings is 3. The maximum Gasteiger partial charge on any atom is 0.411 e. The minimum absolute atomic E-state index is 0.0706. The Labute approximate surface area is 213 Å². The minimum atomic E-state index is -0.948. The Hall–Kier alpha value is -4.27. The Morgan fingerprint density at radius 3 is 2.11 bits per heavy atom.